The molecule has 2 unspecified atom stereocenters. The van der Waals surface area contributed by atoms with Gasteiger partial charge >= 0.3 is 5.97 Å². The van der Waals surface area contributed by atoms with Gasteiger partial charge in [0, 0.05) is 12.1 Å². The highest BCUT2D eigenvalue weighted by Crippen LogP contribution is 2.09. The molecule has 0 aliphatic heterocycles. The lowest BCUT2D eigenvalue weighted by Crippen LogP contribution is -2.47. The van der Waals surface area contributed by atoms with Gasteiger partial charge in [0.15, 0.2) is 0 Å². The van der Waals surface area contributed by atoms with Gasteiger partial charge in [-0.1, -0.05) is 0 Å². The Kier molecular flexibility index (Phi) is 6.52. The standard InChI is InChI=1S/C11H23NO3/c1-6-15-11(14)7-12(8(2)3)9(4)10(5)13/h8-10,13H,6-7H2,1-5H3. The van der Waals surface area contributed by atoms with Crippen LogP contribution in [0.15, 0.2) is 0 Å². The number of carbonyl (C=O) groups is 1. The van der Waals surface area contributed by atoms with Gasteiger partial charge in [-0.05, 0) is 34.6 Å². The van der Waals surface area contributed by atoms with Crippen LogP contribution in [0.2, 0.25) is 0 Å². The first-order valence-corrected chi connectivity index (χ1v) is 5.49. The van der Waals surface area contributed by atoms with E-state index in [9.17, 15) is 9.90 Å². The quantitative estimate of drug-likeness (QED) is 0.675. The summed E-state index contributed by atoms with van der Waals surface area (Å²) >= 11 is 0. The molecular formula is C11H23NO3. The van der Waals surface area contributed by atoms with E-state index in [0.717, 1.165) is 0 Å². The number of aliphatic hydroxyl groups is 1. The zero-order chi connectivity index (χ0) is 12.0. The van der Waals surface area contributed by atoms with Crippen molar-refractivity contribution in [3.63, 3.8) is 0 Å². The summed E-state index contributed by atoms with van der Waals surface area (Å²) in [4.78, 5) is 13.3. The molecule has 4 heteroatoms. The van der Waals surface area contributed by atoms with E-state index in [1.54, 1.807) is 13.8 Å². The Balaban J connectivity index is 4.34. The van der Waals surface area contributed by atoms with Crippen molar-refractivity contribution >= 4 is 5.97 Å². The van der Waals surface area contributed by atoms with E-state index < -0.39 is 6.10 Å². The first-order valence-electron chi connectivity index (χ1n) is 5.49. The fourth-order valence-electron chi connectivity index (χ4n) is 1.43. The number of nitrogens with zero attached hydrogens (tertiary/aromatic N) is 1. The molecule has 0 heterocycles. The van der Waals surface area contributed by atoms with Crippen LogP contribution >= 0.6 is 0 Å². The zero-order valence-electron chi connectivity index (χ0n) is 10.4. The first kappa shape index (κ1) is 14.4. The van der Waals surface area contributed by atoms with Crippen LogP contribution in [-0.2, 0) is 9.53 Å². The monoisotopic (exact) mass is 217 g/mol. The SMILES string of the molecule is CCOC(=O)CN(C(C)C)C(C)C(C)O. The van der Waals surface area contributed by atoms with Crippen molar-refractivity contribution in [3.8, 4) is 0 Å². The third-order valence-electron chi connectivity index (χ3n) is 2.50. The molecule has 1 N–H and O–H groups in total. The third-order valence-corrected chi connectivity index (χ3v) is 2.50. The highest BCUT2D eigenvalue weighted by molar-refractivity contribution is 5.71. The molecule has 15 heavy (non-hydrogen) atoms. The van der Waals surface area contributed by atoms with Crippen molar-refractivity contribution in [3.05, 3.63) is 0 Å². The molecule has 0 bridgehead atoms. The van der Waals surface area contributed by atoms with Gasteiger partial charge < -0.3 is 9.84 Å². The lowest BCUT2D eigenvalue weighted by Gasteiger charge is -2.33. The Morgan fingerprint density at radius 2 is 1.87 bits per heavy atom. The van der Waals surface area contributed by atoms with Crippen molar-refractivity contribution in [2.45, 2.75) is 52.8 Å². The average Bonchev–Trinajstić information content (AvgIpc) is 2.13. The number of aliphatic hydroxyl groups excluding tert-OH is 1. The van der Waals surface area contributed by atoms with Crippen LogP contribution in [0.4, 0.5) is 0 Å². The Hall–Kier alpha value is -0.610. The van der Waals surface area contributed by atoms with Crippen molar-refractivity contribution in [1.82, 2.24) is 4.90 Å². The van der Waals surface area contributed by atoms with E-state index in [2.05, 4.69) is 0 Å². The van der Waals surface area contributed by atoms with Crippen LogP contribution in [0.5, 0.6) is 0 Å². The molecule has 0 aromatic heterocycles. The Bertz CT molecular complexity index is 192. The van der Waals surface area contributed by atoms with Gasteiger partial charge in [-0.15, -0.1) is 0 Å². The predicted octanol–water partition coefficient (Wildman–Crippen LogP) is 1.03. The fourth-order valence-corrected chi connectivity index (χ4v) is 1.43. The largest absolute Gasteiger partial charge is 0.465 e. The topological polar surface area (TPSA) is 49.8 Å². The number of ether oxygens (including phenoxy) is 1. The Morgan fingerprint density at radius 1 is 1.33 bits per heavy atom. The molecule has 0 aromatic rings. The third kappa shape index (κ3) is 5.14. The lowest BCUT2D eigenvalue weighted by molar-refractivity contribution is -0.146. The van der Waals surface area contributed by atoms with Crippen LogP contribution in [0.25, 0.3) is 0 Å². The smallest absolute Gasteiger partial charge is 0.320 e. The minimum absolute atomic E-state index is 0.0468. The van der Waals surface area contributed by atoms with Crippen LogP contribution < -0.4 is 0 Å². The summed E-state index contributed by atoms with van der Waals surface area (Å²) in [5.74, 6) is -0.237. The van der Waals surface area contributed by atoms with Crippen LogP contribution in [-0.4, -0.2) is 47.3 Å². The van der Waals surface area contributed by atoms with Gasteiger partial charge in [-0.25, -0.2) is 0 Å². The Morgan fingerprint density at radius 3 is 2.20 bits per heavy atom. The minimum Gasteiger partial charge on any atom is -0.465 e. The van der Waals surface area contributed by atoms with Gasteiger partial charge in [0.2, 0.25) is 0 Å². The maximum Gasteiger partial charge on any atom is 0.320 e. The molecule has 0 saturated carbocycles. The van der Waals surface area contributed by atoms with E-state index in [1.807, 2.05) is 25.7 Å². The molecule has 90 valence electrons. The molecule has 0 fully saturated rings. The molecule has 0 spiro atoms. The van der Waals surface area contributed by atoms with Crippen LogP contribution in [0, 0.1) is 0 Å². The molecule has 0 amide bonds. The van der Waals surface area contributed by atoms with E-state index >= 15 is 0 Å². The zero-order valence-corrected chi connectivity index (χ0v) is 10.4. The van der Waals surface area contributed by atoms with Gasteiger partial charge in [0.05, 0.1) is 19.3 Å². The summed E-state index contributed by atoms with van der Waals surface area (Å²) in [7, 11) is 0. The maximum atomic E-state index is 11.3. The molecule has 2 atom stereocenters. The van der Waals surface area contributed by atoms with E-state index in [1.165, 1.54) is 0 Å². The maximum absolute atomic E-state index is 11.3. The molecular weight excluding hydrogens is 194 g/mol. The van der Waals surface area contributed by atoms with Crippen molar-refractivity contribution in [2.24, 2.45) is 0 Å². The van der Waals surface area contributed by atoms with E-state index in [-0.39, 0.29) is 24.6 Å². The highest BCUT2D eigenvalue weighted by Gasteiger charge is 2.23. The minimum atomic E-state index is -0.457. The fraction of sp³-hybridized carbons (Fsp3) is 0.909. The van der Waals surface area contributed by atoms with E-state index in [0.29, 0.717) is 6.61 Å². The molecule has 0 aliphatic carbocycles. The highest BCUT2D eigenvalue weighted by atomic mass is 16.5. The summed E-state index contributed by atoms with van der Waals surface area (Å²) in [5.41, 5.74) is 0. The molecule has 0 aliphatic rings. The number of carbonyl (C=O) groups excluding carboxylic acids is 1. The molecule has 0 aromatic carbocycles. The number of hydrogen-bond acceptors (Lipinski definition) is 4. The summed E-state index contributed by atoms with van der Waals surface area (Å²) < 4.78 is 4.89. The van der Waals surface area contributed by atoms with Gasteiger partial charge in [0.1, 0.15) is 0 Å². The molecule has 0 rings (SSSR count). The number of esters is 1. The average molecular weight is 217 g/mol. The van der Waals surface area contributed by atoms with Crippen molar-refractivity contribution in [2.75, 3.05) is 13.2 Å². The molecule has 0 saturated heterocycles. The number of hydrogen-bond donors (Lipinski definition) is 1. The summed E-state index contributed by atoms with van der Waals surface area (Å²) in [6, 6.07) is 0.161. The second-order valence-corrected chi connectivity index (χ2v) is 4.05. The second-order valence-electron chi connectivity index (χ2n) is 4.05. The summed E-state index contributed by atoms with van der Waals surface area (Å²) in [6.07, 6.45) is -0.457. The second kappa shape index (κ2) is 6.80. The summed E-state index contributed by atoms with van der Waals surface area (Å²) in [5, 5.41) is 9.49. The normalized spacial score (nSPS) is 15.5. The molecule has 4 nitrogen and oxygen atoms in total. The number of rotatable bonds is 6. The molecule has 0 radical (unpaired) electrons. The van der Waals surface area contributed by atoms with Crippen molar-refractivity contribution in [1.29, 1.82) is 0 Å². The first-order chi connectivity index (χ1) is 6.90. The van der Waals surface area contributed by atoms with E-state index in [4.69, 9.17) is 4.74 Å². The lowest BCUT2D eigenvalue weighted by atomic mass is 10.1. The Labute approximate surface area is 92.2 Å². The summed E-state index contributed by atoms with van der Waals surface area (Å²) in [6.45, 7) is 10.0. The van der Waals surface area contributed by atoms with Gasteiger partial charge in [-0.2, -0.15) is 0 Å². The predicted molar refractivity (Wildman–Crippen MR) is 59.6 cm³/mol. The van der Waals surface area contributed by atoms with Crippen LogP contribution in [0.3, 0.4) is 0 Å². The van der Waals surface area contributed by atoms with Gasteiger partial charge in [0.25, 0.3) is 0 Å². The van der Waals surface area contributed by atoms with Crippen LogP contribution in [0.1, 0.15) is 34.6 Å². The van der Waals surface area contributed by atoms with Gasteiger partial charge in [-0.3, -0.25) is 9.69 Å². The van der Waals surface area contributed by atoms with Crippen molar-refractivity contribution < 1.29 is 14.6 Å².